The van der Waals surface area contributed by atoms with Gasteiger partial charge >= 0.3 is 12.4 Å². The monoisotopic (exact) mass is 476 g/mol. The predicted molar refractivity (Wildman–Crippen MR) is 110 cm³/mol. The van der Waals surface area contributed by atoms with E-state index < -0.39 is 40.5 Å². The molecule has 0 N–H and O–H groups in total. The summed E-state index contributed by atoms with van der Waals surface area (Å²) in [5.41, 5.74) is -5.58. The van der Waals surface area contributed by atoms with Crippen molar-refractivity contribution in [2.45, 2.75) is 63.5 Å². The molecule has 9 heteroatoms. The van der Waals surface area contributed by atoms with Crippen LogP contribution in [0.3, 0.4) is 0 Å². The predicted octanol–water partition coefficient (Wildman–Crippen LogP) is 8.65. The van der Waals surface area contributed by atoms with Crippen molar-refractivity contribution in [2.24, 2.45) is 0 Å². The van der Waals surface area contributed by atoms with Crippen LogP contribution >= 0.6 is 8.46 Å². The van der Waals surface area contributed by atoms with Crippen molar-refractivity contribution < 1.29 is 35.7 Å². The van der Waals surface area contributed by atoms with Crippen LogP contribution in [-0.4, -0.2) is 5.78 Å². The first-order valence-corrected chi connectivity index (χ1v) is 11.1. The van der Waals surface area contributed by atoms with Gasteiger partial charge in [-0.1, -0.05) is 69.4 Å². The molecule has 0 radical (unpaired) electrons. The summed E-state index contributed by atoms with van der Waals surface area (Å²) in [6, 6.07) is 7.04. The van der Waals surface area contributed by atoms with E-state index in [1.54, 1.807) is 0 Å². The molecule has 0 saturated carbocycles. The molecular weight excluding hydrogens is 453 g/mol. The van der Waals surface area contributed by atoms with E-state index in [2.05, 4.69) is 6.92 Å². The van der Waals surface area contributed by atoms with Gasteiger partial charge in [0.25, 0.3) is 0 Å². The highest BCUT2D eigenvalue weighted by atomic mass is 31.1. The van der Waals surface area contributed by atoms with Gasteiger partial charge in [0.15, 0.2) is 14.2 Å². The van der Waals surface area contributed by atoms with Crippen LogP contribution in [0.1, 0.15) is 83.7 Å². The normalized spacial score (nSPS) is 13.3. The van der Waals surface area contributed by atoms with E-state index in [4.69, 9.17) is 0 Å². The summed E-state index contributed by atoms with van der Waals surface area (Å²) in [7, 11) is -0.351. The molecule has 0 aromatic heterocycles. The van der Waals surface area contributed by atoms with Gasteiger partial charge in [-0.3, -0.25) is 9.36 Å². The Morgan fingerprint density at radius 3 is 1.94 bits per heavy atom. The van der Waals surface area contributed by atoms with Crippen molar-refractivity contribution in [3.05, 3.63) is 70.3 Å². The summed E-state index contributed by atoms with van der Waals surface area (Å²) in [5, 5.41) is 0. The Labute approximate surface area is 184 Å². The number of carbonyl (C=O) groups excluding carboxylic acids is 1. The first-order valence-electron chi connectivity index (χ1n) is 10.3. The lowest BCUT2D eigenvalue weighted by molar-refractivity contribution is -0.143. The van der Waals surface area contributed by atoms with Gasteiger partial charge in [-0.05, 0) is 24.1 Å². The van der Waals surface area contributed by atoms with E-state index in [9.17, 15) is 35.7 Å². The number of alkyl halides is 6. The molecule has 1 atom stereocenters. The topological polar surface area (TPSA) is 34.1 Å². The number of unbranched alkanes of at least 4 members (excludes halogenated alkanes) is 4. The van der Waals surface area contributed by atoms with Crippen molar-refractivity contribution in [1.29, 1.82) is 0 Å². The third kappa shape index (κ3) is 6.41. The van der Waals surface area contributed by atoms with Gasteiger partial charge in [-0.15, -0.1) is 0 Å². The fourth-order valence-corrected chi connectivity index (χ4v) is 4.23. The molecule has 0 aliphatic rings. The van der Waals surface area contributed by atoms with Crippen LogP contribution in [0.2, 0.25) is 0 Å². The molecule has 32 heavy (non-hydrogen) atoms. The Bertz CT molecular complexity index is 905. The highest BCUT2D eigenvalue weighted by Gasteiger charge is 2.43. The molecule has 174 valence electrons. The van der Waals surface area contributed by atoms with Gasteiger partial charge in [-0.25, -0.2) is 0 Å². The van der Waals surface area contributed by atoms with E-state index in [1.807, 2.05) is 0 Å². The van der Waals surface area contributed by atoms with Crippen LogP contribution in [0.15, 0.2) is 42.5 Å². The molecule has 0 aliphatic carbocycles. The Kier molecular flexibility index (Phi) is 9.02. The summed E-state index contributed by atoms with van der Waals surface area (Å²) >= 11 is 0. The van der Waals surface area contributed by atoms with Crippen molar-refractivity contribution in [1.82, 2.24) is 0 Å². The first-order chi connectivity index (χ1) is 15.0. The lowest BCUT2D eigenvalue weighted by atomic mass is 9.89. The summed E-state index contributed by atoms with van der Waals surface area (Å²) in [6.45, 7) is 2.05. The minimum atomic E-state index is -5.16. The number of ketones is 1. The molecule has 2 rings (SSSR count). The van der Waals surface area contributed by atoms with Crippen molar-refractivity contribution in [3.63, 3.8) is 0 Å². The molecule has 0 heterocycles. The number of rotatable bonds is 10. The number of hydrogen-bond donors (Lipinski definition) is 0. The van der Waals surface area contributed by atoms with Crippen LogP contribution < -0.4 is 0 Å². The molecule has 0 saturated heterocycles. The molecule has 2 aromatic carbocycles. The fourth-order valence-electron chi connectivity index (χ4n) is 3.60. The Balaban J connectivity index is 2.53. The van der Waals surface area contributed by atoms with Crippen LogP contribution in [0.5, 0.6) is 0 Å². The van der Waals surface area contributed by atoms with Crippen LogP contribution in [0.25, 0.3) is 0 Å². The quantitative estimate of drug-likeness (QED) is 0.149. The SMILES string of the molecule is CCCCCCCC(P=O)c1ccccc1C(=O)c1c(C(F)(F)F)cccc1C(F)(F)F. The maximum atomic E-state index is 13.5. The summed E-state index contributed by atoms with van der Waals surface area (Å²) in [6.07, 6.45) is -5.36. The zero-order chi connectivity index (χ0) is 23.9. The Hall–Kier alpha value is -2.21. The number of carbonyl (C=O) groups is 1. The van der Waals surface area contributed by atoms with E-state index in [-0.39, 0.29) is 19.6 Å². The van der Waals surface area contributed by atoms with Crippen molar-refractivity contribution >= 4 is 14.2 Å². The minimum Gasteiger partial charge on any atom is -0.289 e. The number of halogens is 6. The second-order valence-corrected chi connectivity index (χ2v) is 8.30. The van der Waals surface area contributed by atoms with Gasteiger partial charge in [0.05, 0.1) is 16.8 Å². The largest absolute Gasteiger partial charge is 0.417 e. The third-order valence-electron chi connectivity index (χ3n) is 5.18. The molecule has 0 bridgehead atoms. The van der Waals surface area contributed by atoms with Gasteiger partial charge in [0.1, 0.15) is 0 Å². The molecule has 1 unspecified atom stereocenters. The van der Waals surface area contributed by atoms with Crippen LogP contribution in [0.4, 0.5) is 26.3 Å². The second kappa shape index (κ2) is 11.1. The molecule has 0 spiro atoms. The lowest BCUT2D eigenvalue weighted by Crippen LogP contribution is -2.21. The van der Waals surface area contributed by atoms with Gasteiger partial charge < -0.3 is 0 Å². The maximum Gasteiger partial charge on any atom is 0.417 e. The molecule has 2 nitrogen and oxygen atoms in total. The molecule has 2 aromatic rings. The highest BCUT2D eigenvalue weighted by Crippen LogP contribution is 2.42. The average Bonchev–Trinajstić information content (AvgIpc) is 2.74. The Morgan fingerprint density at radius 1 is 0.844 bits per heavy atom. The molecule has 0 amide bonds. The summed E-state index contributed by atoms with van der Waals surface area (Å²) < 4.78 is 92.9. The number of hydrogen-bond acceptors (Lipinski definition) is 2. The number of benzene rings is 2. The van der Waals surface area contributed by atoms with E-state index in [0.717, 1.165) is 25.7 Å². The zero-order valence-electron chi connectivity index (χ0n) is 17.4. The van der Waals surface area contributed by atoms with Crippen molar-refractivity contribution in [3.8, 4) is 0 Å². The first kappa shape index (κ1) is 26.0. The summed E-state index contributed by atoms with van der Waals surface area (Å²) in [5.74, 6) is -1.39. The highest BCUT2D eigenvalue weighted by molar-refractivity contribution is 7.24. The smallest absolute Gasteiger partial charge is 0.289 e. The second-order valence-electron chi connectivity index (χ2n) is 7.46. The standard InChI is InChI=1S/C23H23F6O2P/c1-2-3-4-5-6-14-19(32-31)15-10-7-8-11-16(15)21(30)20-17(22(24,25)26)12-9-13-18(20)23(27,28)29/h7-13,19H,2-6,14H2,1H3. The lowest BCUT2D eigenvalue weighted by Gasteiger charge is -2.20. The van der Waals surface area contributed by atoms with E-state index in [0.29, 0.717) is 31.0 Å². The molecule has 0 fully saturated rings. The Morgan fingerprint density at radius 2 is 1.41 bits per heavy atom. The van der Waals surface area contributed by atoms with Crippen LogP contribution in [0, 0.1) is 0 Å². The van der Waals surface area contributed by atoms with E-state index in [1.165, 1.54) is 24.3 Å². The maximum absolute atomic E-state index is 13.5. The van der Waals surface area contributed by atoms with Crippen LogP contribution in [-0.2, 0) is 16.9 Å². The van der Waals surface area contributed by atoms with Crippen molar-refractivity contribution in [2.75, 3.05) is 0 Å². The molecule has 0 aliphatic heterocycles. The molecular formula is C23H23F6O2P. The third-order valence-corrected chi connectivity index (χ3v) is 5.97. The fraction of sp³-hybridized carbons (Fsp3) is 0.435. The summed E-state index contributed by atoms with van der Waals surface area (Å²) in [4.78, 5) is 13.1. The van der Waals surface area contributed by atoms with Gasteiger partial charge in [0, 0.05) is 11.1 Å². The van der Waals surface area contributed by atoms with E-state index >= 15 is 0 Å². The van der Waals surface area contributed by atoms with Gasteiger partial charge in [-0.2, -0.15) is 26.3 Å². The van der Waals surface area contributed by atoms with Gasteiger partial charge in [0.2, 0.25) is 0 Å². The average molecular weight is 476 g/mol. The minimum absolute atomic E-state index is 0.176. The zero-order valence-corrected chi connectivity index (χ0v) is 18.3.